The second-order valence-electron chi connectivity index (χ2n) is 3.54. The highest BCUT2D eigenvalue weighted by Gasteiger charge is 2.15. The van der Waals surface area contributed by atoms with Crippen molar-refractivity contribution in [1.82, 2.24) is 4.98 Å². The van der Waals surface area contributed by atoms with Crippen LogP contribution in [0.5, 0.6) is 0 Å². The maximum atomic E-state index is 9.35. The summed E-state index contributed by atoms with van der Waals surface area (Å²) in [6, 6.07) is 4.81. The first kappa shape index (κ1) is 13.9. The number of rotatable bonds is 2. The molecule has 0 aliphatic carbocycles. The molecule has 1 heterocycles. The van der Waals surface area contributed by atoms with Gasteiger partial charge in [0.15, 0.2) is 0 Å². The van der Waals surface area contributed by atoms with E-state index in [9.17, 15) is 5.11 Å². The van der Waals surface area contributed by atoms with Gasteiger partial charge in [-0.05, 0) is 23.8 Å². The van der Waals surface area contributed by atoms with Crippen LogP contribution < -0.4 is 0 Å². The third kappa shape index (κ3) is 2.58. The van der Waals surface area contributed by atoms with E-state index in [2.05, 4.69) is 4.98 Å². The van der Waals surface area contributed by atoms with E-state index in [-0.39, 0.29) is 11.8 Å². The number of pyridine rings is 1. The monoisotopic (exact) mass is 321 g/mol. The number of benzene rings is 1. The van der Waals surface area contributed by atoms with Crippen LogP contribution in [0.25, 0.3) is 11.1 Å². The van der Waals surface area contributed by atoms with E-state index < -0.39 is 0 Å². The summed E-state index contributed by atoms with van der Waals surface area (Å²) in [5.41, 5.74) is 1.74. The van der Waals surface area contributed by atoms with Gasteiger partial charge in [-0.3, -0.25) is 0 Å². The number of aliphatic hydroxyl groups excluding tert-OH is 1. The van der Waals surface area contributed by atoms with Crippen LogP contribution in [0.1, 0.15) is 5.56 Å². The van der Waals surface area contributed by atoms with Crippen LogP contribution in [0, 0.1) is 0 Å². The Morgan fingerprint density at radius 2 is 1.72 bits per heavy atom. The molecule has 0 atom stereocenters. The number of aliphatic hydroxyl groups is 1. The first-order chi connectivity index (χ1) is 8.54. The van der Waals surface area contributed by atoms with Gasteiger partial charge < -0.3 is 5.11 Å². The van der Waals surface area contributed by atoms with Gasteiger partial charge in [-0.1, -0.05) is 46.4 Å². The van der Waals surface area contributed by atoms with Gasteiger partial charge in [-0.2, -0.15) is 0 Å². The maximum Gasteiger partial charge on any atom is 0.129 e. The van der Waals surface area contributed by atoms with Crippen molar-refractivity contribution in [2.45, 2.75) is 6.61 Å². The van der Waals surface area contributed by atoms with Crippen LogP contribution in [0.2, 0.25) is 20.2 Å². The Hall–Kier alpha value is -0.510. The lowest BCUT2D eigenvalue weighted by molar-refractivity contribution is 0.282. The Morgan fingerprint density at radius 3 is 2.39 bits per heavy atom. The summed E-state index contributed by atoms with van der Waals surface area (Å²) in [7, 11) is 0. The fourth-order valence-corrected chi connectivity index (χ4v) is 2.51. The molecule has 0 unspecified atom stereocenters. The molecule has 0 saturated carbocycles. The first-order valence-electron chi connectivity index (χ1n) is 4.93. The van der Waals surface area contributed by atoms with Gasteiger partial charge in [0.05, 0.1) is 21.7 Å². The molecule has 1 aromatic carbocycles. The molecular weight excluding hydrogens is 316 g/mol. The van der Waals surface area contributed by atoms with Gasteiger partial charge in [-0.15, -0.1) is 0 Å². The topological polar surface area (TPSA) is 33.1 Å². The van der Waals surface area contributed by atoms with Crippen molar-refractivity contribution < 1.29 is 5.11 Å². The predicted molar refractivity (Wildman–Crippen MR) is 75.6 cm³/mol. The van der Waals surface area contributed by atoms with Crippen molar-refractivity contribution in [3.8, 4) is 11.1 Å². The van der Waals surface area contributed by atoms with E-state index in [1.165, 1.54) is 6.20 Å². The van der Waals surface area contributed by atoms with Gasteiger partial charge in [-0.25, -0.2) is 4.98 Å². The van der Waals surface area contributed by atoms with E-state index in [0.717, 1.165) is 0 Å². The van der Waals surface area contributed by atoms with Crippen molar-refractivity contribution in [3.63, 3.8) is 0 Å². The molecule has 1 aromatic heterocycles. The zero-order chi connectivity index (χ0) is 13.3. The number of halogens is 4. The SMILES string of the molecule is OCc1cc(Cl)ncc1-c1c(Cl)ccc(Cl)c1Cl. The highest BCUT2D eigenvalue weighted by atomic mass is 35.5. The summed E-state index contributed by atoms with van der Waals surface area (Å²) in [5, 5.41) is 10.8. The third-order valence-electron chi connectivity index (χ3n) is 2.44. The Balaban J connectivity index is 2.73. The van der Waals surface area contributed by atoms with Crippen molar-refractivity contribution in [1.29, 1.82) is 0 Å². The number of aromatic nitrogens is 1. The molecule has 0 aliphatic rings. The number of hydrogen-bond donors (Lipinski definition) is 1. The largest absolute Gasteiger partial charge is 0.392 e. The van der Waals surface area contributed by atoms with Gasteiger partial charge in [0.2, 0.25) is 0 Å². The molecule has 0 amide bonds. The molecule has 94 valence electrons. The van der Waals surface area contributed by atoms with E-state index in [0.29, 0.717) is 31.8 Å². The summed E-state index contributed by atoms with van der Waals surface area (Å²) < 4.78 is 0. The van der Waals surface area contributed by atoms with E-state index >= 15 is 0 Å². The second kappa shape index (κ2) is 5.64. The second-order valence-corrected chi connectivity index (χ2v) is 5.12. The molecule has 2 aromatic rings. The average Bonchev–Trinajstić information content (AvgIpc) is 2.36. The fraction of sp³-hybridized carbons (Fsp3) is 0.0833. The van der Waals surface area contributed by atoms with Crippen molar-refractivity contribution in [3.05, 3.63) is 50.2 Å². The minimum absolute atomic E-state index is 0.198. The lowest BCUT2D eigenvalue weighted by atomic mass is 10.0. The third-order valence-corrected chi connectivity index (χ3v) is 3.77. The molecule has 0 aliphatic heterocycles. The molecule has 2 rings (SSSR count). The van der Waals surface area contributed by atoms with E-state index in [1.807, 2.05) is 0 Å². The Kier molecular flexibility index (Phi) is 4.36. The molecule has 18 heavy (non-hydrogen) atoms. The fourth-order valence-electron chi connectivity index (χ4n) is 1.60. The van der Waals surface area contributed by atoms with Crippen LogP contribution in [-0.4, -0.2) is 10.1 Å². The minimum atomic E-state index is -0.198. The summed E-state index contributed by atoms with van der Waals surface area (Å²) >= 11 is 24.0. The molecular formula is C12H7Cl4NO. The number of hydrogen-bond acceptors (Lipinski definition) is 2. The zero-order valence-corrected chi connectivity index (χ0v) is 11.9. The lowest BCUT2D eigenvalue weighted by Crippen LogP contribution is -1.93. The molecule has 1 N–H and O–H groups in total. The van der Waals surface area contributed by atoms with E-state index in [4.69, 9.17) is 46.4 Å². The van der Waals surface area contributed by atoms with Crippen LogP contribution in [0.4, 0.5) is 0 Å². The Labute approximate surface area is 124 Å². The van der Waals surface area contributed by atoms with Crippen LogP contribution in [0.3, 0.4) is 0 Å². The average molecular weight is 323 g/mol. The smallest absolute Gasteiger partial charge is 0.129 e. The van der Waals surface area contributed by atoms with Gasteiger partial charge in [0, 0.05) is 17.3 Å². The van der Waals surface area contributed by atoms with Gasteiger partial charge in [0.1, 0.15) is 5.15 Å². The maximum absolute atomic E-state index is 9.35. The molecule has 0 bridgehead atoms. The zero-order valence-electron chi connectivity index (χ0n) is 8.92. The van der Waals surface area contributed by atoms with Gasteiger partial charge >= 0.3 is 0 Å². The quantitative estimate of drug-likeness (QED) is 0.633. The molecule has 0 fully saturated rings. The lowest BCUT2D eigenvalue weighted by Gasteiger charge is -2.12. The summed E-state index contributed by atoms with van der Waals surface area (Å²) in [6.07, 6.45) is 1.51. The van der Waals surface area contributed by atoms with Crippen LogP contribution >= 0.6 is 46.4 Å². The Morgan fingerprint density at radius 1 is 1.06 bits per heavy atom. The normalized spacial score (nSPS) is 10.7. The molecule has 0 radical (unpaired) electrons. The summed E-state index contributed by atoms with van der Waals surface area (Å²) in [5.74, 6) is 0. The number of nitrogens with zero attached hydrogens (tertiary/aromatic N) is 1. The predicted octanol–water partition coefficient (Wildman–Crippen LogP) is 4.85. The van der Waals surface area contributed by atoms with Crippen LogP contribution in [-0.2, 0) is 6.61 Å². The van der Waals surface area contributed by atoms with Gasteiger partial charge in [0.25, 0.3) is 0 Å². The van der Waals surface area contributed by atoms with Crippen molar-refractivity contribution in [2.75, 3.05) is 0 Å². The first-order valence-corrected chi connectivity index (χ1v) is 6.45. The van der Waals surface area contributed by atoms with E-state index in [1.54, 1.807) is 18.2 Å². The van der Waals surface area contributed by atoms with Crippen molar-refractivity contribution in [2.24, 2.45) is 0 Å². The van der Waals surface area contributed by atoms with Crippen molar-refractivity contribution >= 4 is 46.4 Å². The molecule has 0 spiro atoms. The Bertz CT molecular complexity index is 601. The highest BCUT2D eigenvalue weighted by molar-refractivity contribution is 6.46. The highest BCUT2D eigenvalue weighted by Crippen LogP contribution is 2.40. The molecule has 6 heteroatoms. The minimum Gasteiger partial charge on any atom is -0.392 e. The van der Waals surface area contributed by atoms with Crippen LogP contribution in [0.15, 0.2) is 24.4 Å². The molecule has 2 nitrogen and oxygen atoms in total. The standard InChI is InChI=1S/C12H7Cl4NO/c13-8-1-2-9(14)12(16)11(8)7-4-17-10(15)3-6(7)5-18/h1-4,18H,5H2. The summed E-state index contributed by atoms with van der Waals surface area (Å²) in [6.45, 7) is -0.198. The molecule has 0 saturated heterocycles. The summed E-state index contributed by atoms with van der Waals surface area (Å²) in [4.78, 5) is 3.97.